The van der Waals surface area contributed by atoms with Gasteiger partial charge >= 0.3 is 0 Å². The molecule has 1 atom stereocenters. The SMILES string of the molecule is CNCC(C)CNCCc1nc(C)cs1. The minimum absolute atomic E-state index is 0.688. The molecule has 2 N–H and O–H groups in total. The second-order valence-corrected chi connectivity index (χ2v) is 4.94. The molecule has 0 aliphatic rings. The van der Waals surface area contributed by atoms with Gasteiger partial charge in [-0.1, -0.05) is 6.92 Å². The molecule has 1 aromatic rings. The molecule has 15 heavy (non-hydrogen) atoms. The third kappa shape index (κ3) is 5.25. The first-order chi connectivity index (χ1) is 7.22. The Balaban J connectivity index is 2.06. The molecule has 0 bridgehead atoms. The maximum Gasteiger partial charge on any atom is 0.0940 e. The first-order valence-electron chi connectivity index (χ1n) is 5.48. The molecule has 1 heterocycles. The zero-order valence-electron chi connectivity index (χ0n) is 9.84. The summed E-state index contributed by atoms with van der Waals surface area (Å²) in [6.45, 7) is 7.47. The number of rotatable bonds is 7. The summed E-state index contributed by atoms with van der Waals surface area (Å²) < 4.78 is 0. The van der Waals surface area contributed by atoms with Gasteiger partial charge in [0.1, 0.15) is 0 Å². The highest BCUT2D eigenvalue weighted by atomic mass is 32.1. The molecule has 0 aromatic carbocycles. The van der Waals surface area contributed by atoms with E-state index in [0.29, 0.717) is 5.92 Å². The fraction of sp³-hybridized carbons (Fsp3) is 0.727. The van der Waals surface area contributed by atoms with E-state index in [1.807, 2.05) is 14.0 Å². The van der Waals surface area contributed by atoms with Crippen molar-refractivity contribution in [1.82, 2.24) is 15.6 Å². The van der Waals surface area contributed by atoms with Gasteiger partial charge in [0, 0.05) is 24.0 Å². The van der Waals surface area contributed by atoms with Crippen LogP contribution in [-0.4, -0.2) is 31.7 Å². The average molecular weight is 227 g/mol. The van der Waals surface area contributed by atoms with Crippen LogP contribution in [0, 0.1) is 12.8 Å². The number of aryl methyl sites for hydroxylation is 1. The quantitative estimate of drug-likeness (QED) is 0.692. The van der Waals surface area contributed by atoms with E-state index in [1.54, 1.807) is 11.3 Å². The van der Waals surface area contributed by atoms with E-state index in [2.05, 4.69) is 27.9 Å². The van der Waals surface area contributed by atoms with E-state index < -0.39 is 0 Å². The molecule has 1 aromatic heterocycles. The van der Waals surface area contributed by atoms with Gasteiger partial charge in [-0.05, 0) is 33.0 Å². The lowest BCUT2D eigenvalue weighted by molar-refractivity contribution is 0.493. The number of nitrogens with zero attached hydrogens (tertiary/aromatic N) is 1. The second kappa shape index (κ2) is 6.93. The first-order valence-corrected chi connectivity index (χ1v) is 6.36. The topological polar surface area (TPSA) is 37.0 Å². The second-order valence-electron chi connectivity index (χ2n) is 4.00. The molecule has 0 aliphatic heterocycles. The molecule has 0 fully saturated rings. The summed E-state index contributed by atoms with van der Waals surface area (Å²) in [7, 11) is 1.99. The Hall–Kier alpha value is -0.450. The molecule has 0 spiro atoms. The van der Waals surface area contributed by atoms with Crippen molar-refractivity contribution in [1.29, 1.82) is 0 Å². The van der Waals surface area contributed by atoms with Gasteiger partial charge in [0.2, 0.25) is 0 Å². The summed E-state index contributed by atoms with van der Waals surface area (Å²) in [5, 5.41) is 9.98. The summed E-state index contributed by atoms with van der Waals surface area (Å²) in [6.07, 6.45) is 1.05. The Morgan fingerprint density at radius 2 is 2.27 bits per heavy atom. The van der Waals surface area contributed by atoms with Gasteiger partial charge in [0.15, 0.2) is 0 Å². The van der Waals surface area contributed by atoms with Crippen LogP contribution in [0.2, 0.25) is 0 Å². The van der Waals surface area contributed by atoms with E-state index in [1.165, 1.54) is 5.01 Å². The van der Waals surface area contributed by atoms with Gasteiger partial charge in [-0.15, -0.1) is 11.3 Å². The van der Waals surface area contributed by atoms with Gasteiger partial charge in [-0.2, -0.15) is 0 Å². The molecule has 0 saturated heterocycles. The van der Waals surface area contributed by atoms with Gasteiger partial charge in [0.05, 0.1) is 5.01 Å². The number of aromatic nitrogens is 1. The molecule has 0 aliphatic carbocycles. The smallest absolute Gasteiger partial charge is 0.0940 e. The number of hydrogen-bond donors (Lipinski definition) is 2. The summed E-state index contributed by atoms with van der Waals surface area (Å²) in [5.74, 6) is 0.688. The Morgan fingerprint density at radius 1 is 1.47 bits per heavy atom. The van der Waals surface area contributed by atoms with Crippen LogP contribution < -0.4 is 10.6 Å². The highest BCUT2D eigenvalue weighted by Crippen LogP contribution is 2.08. The van der Waals surface area contributed by atoms with Crippen LogP contribution >= 0.6 is 11.3 Å². The fourth-order valence-corrected chi connectivity index (χ4v) is 2.26. The van der Waals surface area contributed by atoms with Crippen molar-refractivity contribution in [3.05, 3.63) is 16.1 Å². The lowest BCUT2D eigenvalue weighted by Gasteiger charge is -2.11. The van der Waals surface area contributed by atoms with Crippen LogP contribution in [0.4, 0.5) is 0 Å². The van der Waals surface area contributed by atoms with Crippen molar-refractivity contribution in [2.24, 2.45) is 5.92 Å². The number of hydrogen-bond acceptors (Lipinski definition) is 4. The summed E-state index contributed by atoms with van der Waals surface area (Å²) in [6, 6.07) is 0. The fourth-order valence-electron chi connectivity index (χ4n) is 1.48. The minimum Gasteiger partial charge on any atom is -0.319 e. The maximum atomic E-state index is 4.43. The Kier molecular flexibility index (Phi) is 5.83. The van der Waals surface area contributed by atoms with Crippen LogP contribution in [0.5, 0.6) is 0 Å². The Labute approximate surface area is 96.3 Å². The summed E-state index contributed by atoms with van der Waals surface area (Å²) in [4.78, 5) is 4.43. The zero-order valence-corrected chi connectivity index (χ0v) is 10.7. The van der Waals surface area contributed by atoms with Crippen molar-refractivity contribution < 1.29 is 0 Å². The molecule has 0 amide bonds. The predicted octanol–water partition coefficient (Wildman–Crippen LogP) is 1.44. The zero-order chi connectivity index (χ0) is 11.1. The average Bonchev–Trinajstić information content (AvgIpc) is 2.60. The third-order valence-corrected chi connectivity index (χ3v) is 3.25. The van der Waals surface area contributed by atoms with Crippen molar-refractivity contribution >= 4 is 11.3 Å². The maximum absolute atomic E-state index is 4.43. The van der Waals surface area contributed by atoms with Crippen LogP contribution in [0.1, 0.15) is 17.6 Å². The first kappa shape index (κ1) is 12.6. The minimum atomic E-state index is 0.688. The van der Waals surface area contributed by atoms with E-state index in [0.717, 1.165) is 31.7 Å². The highest BCUT2D eigenvalue weighted by Gasteiger charge is 2.01. The Morgan fingerprint density at radius 3 is 2.87 bits per heavy atom. The third-order valence-electron chi connectivity index (χ3n) is 2.23. The molecule has 1 unspecified atom stereocenters. The normalized spacial score (nSPS) is 13.0. The summed E-state index contributed by atoms with van der Waals surface area (Å²) >= 11 is 1.76. The molecule has 0 radical (unpaired) electrons. The van der Waals surface area contributed by atoms with Gasteiger partial charge in [0.25, 0.3) is 0 Å². The highest BCUT2D eigenvalue weighted by molar-refractivity contribution is 7.09. The van der Waals surface area contributed by atoms with Crippen LogP contribution in [0.25, 0.3) is 0 Å². The van der Waals surface area contributed by atoms with E-state index in [9.17, 15) is 0 Å². The molecule has 4 heteroatoms. The van der Waals surface area contributed by atoms with Crippen LogP contribution in [0.3, 0.4) is 0 Å². The lowest BCUT2D eigenvalue weighted by atomic mass is 10.2. The molecular formula is C11H21N3S. The van der Waals surface area contributed by atoms with E-state index in [4.69, 9.17) is 0 Å². The molecular weight excluding hydrogens is 206 g/mol. The molecule has 1 rings (SSSR count). The lowest BCUT2D eigenvalue weighted by Crippen LogP contribution is -2.29. The van der Waals surface area contributed by atoms with Crippen molar-refractivity contribution in [3.8, 4) is 0 Å². The molecule has 3 nitrogen and oxygen atoms in total. The van der Waals surface area contributed by atoms with E-state index >= 15 is 0 Å². The van der Waals surface area contributed by atoms with Crippen molar-refractivity contribution in [2.75, 3.05) is 26.7 Å². The Bertz CT molecular complexity index is 273. The number of thiazole rings is 1. The number of nitrogens with one attached hydrogen (secondary N) is 2. The van der Waals surface area contributed by atoms with Crippen LogP contribution in [0.15, 0.2) is 5.38 Å². The molecule has 86 valence electrons. The van der Waals surface area contributed by atoms with Crippen molar-refractivity contribution in [3.63, 3.8) is 0 Å². The monoisotopic (exact) mass is 227 g/mol. The van der Waals surface area contributed by atoms with Crippen LogP contribution in [-0.2, 0) is 6.42 Å². The van der Waals surface area contributed by atoms with Gasteiger partial charge < -0.3 is 10.6 Å². The largest absolute Gasteiger partial charge is 0.319 e. The molecule has 0 saturated carbocycles. The standard InChI is InChI=1S/C11H21N3S/c1-9(6-12-3)7-13-5-4-11-14-10(2)8-15-11/h8-9,12-13H,4-7H2,1-3H3. The summed E-state index contributed by atoms with van der Waals surface area (Å²) in [5.41, 5.74) is 1.14. The van der Waals surface area contributed by atoms with Gasteiger partial charge in [-0.25, -0.2) is 4.98 Å². The van der Waals surface area contributed by atoms with Crippen molar-refractivity contribution in [2.45, 2.75) is 20.3 Å². The van der Waals surface area contributed by atoms with Gasteiger partial charge in [-0.3, -0.25) is 0 Å². The predicted molar refractivity (Wildman–Crippen MR) is 66.5 cm³/mol. The van der Waals surface area contributed by atoms with E-state index in [-0.39, 0.29) is 0 Å².